The Labute approximate surface area is 89.9 Å². The van der Waals surface area contributed by atoms with E-state index in [9.17, 15) is 0 Å². The first-order chi connectivity index (χ1) is 7.29. The summed E-state index contributed by atoms with van der Waals surface area (Å²) in [4.78, 5) is 4.02. The van der Waals surface area contributed by atoms with Gasteiger partial charge in [-0.1, -0.05) is 0 Å². The molecule has 5 nitrogen and oxygen atoms in total. The molecule has 0 aliphatic carbocycles. The van der Waals surface area contributed by atoms with Crippen LogP contribution < -0.4 is 5.73 Å². The molecule has 0 saturated heterocycles. The fraction of sp³-hybridized carbons (Fsp3) is 0.700. The van der Waals surface area contributed by atoms with Crippen LogP contribution in [0.5, 0.6) is 0 Å². The number of rotatable bonds is 7. The highest BCUT2D eigenvalue weighted by atomic mass is 16.5. The van der Waals surface area contributed by atoms with Gasteiger partial charge in [-0.25, -0.2) is 4.98 Å². The van der Waals surface area contributed by atoms with Gasteiger partial charge < -0.3 is 20.1 Å². The maximum atomic E-state index is 8.95. The second-order valence-corrected chi connectivity index (χ2v) is 3.35. The van der Waals surface area contributed by atoms with Gasteiger partial charge in [0.15, 0.2) is 0 Å². The van der Waals surface area contributed by atoms with E-state index in [2.05, 4.69) is 4.98 Å². The second kappa shape index (κ2) is 6.55. The molecule has 0 aliphatic rings. The largest absolute Gasteiger partial charge is 0.394 e. The zero-order chi connectivity index (χ0) is 11.1. The van der Waals surface area contributed by atoms with E-state index in [1.165, 1.54) is 0 Å². The van der Waals surface area contributed by atoms with E-state index < -0.39 is 0 Å². The van der Waals surface area contributed by atoms with Gasteiger partial charge in [-0.15, -0.1) is 0 Å². The number of nitrogens with zero attached hydrogens (tertiary/aromatic N) is 2. The van der Waals surface area contributed by atoms with Gasteiger partial charge in [0.2, 0.25) is 0 Å². The van der Waals surface area contributed by atoms with Crippen molar-refractivity contribution in [2.45, 2.75) is 25.9 Å². The Morgan fingerprint density at radius 2 is 2.47 bits per heavy atom. The zero-order valence-electron chi connectivity index (χ0n) is 9.09. The number of aryl methyl sites for hydroxylation is 1. The molecule has 0 amide bonds. The zero-order valence-corrected chi connectivity index (χ0v) is 9.09. The van der Waals surface area contributed by atoms with E-state index >= 15 is 0 Å². The van der Waals surface area contributed by atoms with Crippen molar-refractivity contribution in [3.05, 3.63) is 18.2 Å². The first kappa shape index (κ1) is 12.2. The van der Waals surface area contributed by atoms with Crippen LogP contribution in [0.1, 0.15) is 25.1 Å². The summed E-state index contributed by atoms with van der Waals surface area (Å²) in [6, 6.07) is -0.348. The highest BCUT2D eigenvalue weighted by Gasteiger charge is 2.09. The maximum absolute atomic E-state index is 8.95. The number of hydrogen-bond acceptors (Lipinski definition) is 4. The third-order valence-electron chi connectivity index (χ3n) is 2.21. The summed E-state index contributed by atoms with van der Waals surface area (Å²) in [5.74, 6) is 0. The van der Waals surface area contributed by atoms with Crippen LogP contribution in [0.4, 0.5) is 0 Å². The molecule has 0 fully saturated rings. The second-order valence-electron chi connectivity index (χ2n) is 3.35. The van der Waals surface area contributed by atoms with Gasteiger partial charge in [0, 0.05) is 26.0 Å². The van der Waals surface area contributed by atoms with Crippen molar-refractivity contribution in [3.8, 4) is 0 Å². The number of aromatic nitrogens is 2. The Kier molecular flexibility index (Phi) is 5.31. The first-order valence-electron chi connectivity index (χ1n) is 5.23. The molecular formula is C10H19N3O2. The summed E-state index contributed by atoms with van der Waals surface area (Å²) in [7, 11) is 0. The maximum Gasteiger partial charge on any atom is 0.0948 e. The summed E-state index contributed by atoms with van der Waals surface area (Å²) >= 11 is 0. The highest BCUT2D eigenvalue weighted by Crippen LogP contribution is 2.09. The molecule has 1 atom stereocenters. The summed E-state index contributed by atoms with van der Waals surface area (Å²) in [6.45, 7) is 4.22. The number of hydrogen-bond donors (Lipinski definition) is 2. The minimum Gasteiger partial charge on any atom is -0.394 e. The molecule has 86 valence electrons. The number of aliphatic hydroxyl groups is 1. The van der Waals surface area contributed by atoms with E-state index in [4.69, 9.17) is 15.6 Å². The van der Waals surface area contributed by atoms with Crippen LogP contribution in [-0.4, -0.2) is 34.5 Å². The predicted octanol–water partition coefficient (Wildman–Crippen LogP) is 0.302. The minimum absolute atomic E-state index is 0.0584. The molecule has 0 radical (unpaired) electrons. The molecule has 0 aliphatic heterocycles. The minimum atomic E-state index is -0.348. The van der Waals surface area contributed by atoms with Gasteiger partial charge >= 0.3 is 0 Å². The van der Waals surface area contributed by atoms with Crippen LogP contribution in [0.3, 0.4) is 0 Å². The molecule has 15 heavy (non-hydrogen) atoms. The predicted molar refractivity (Wildman–Crippen MR) is 57.4 cm³/mol. The monoisotopic (exact) mass is 213 g/mol. The van der Waals surface area contributed by atoms with Gasteiger partial charge in [0.1, 0.15) is 0 Å². The lowest BCUT2D eigenvalue weighted by Gasteiger charge is -2.12. The van der Waals surface area contributed by atoms with Gasteiger partial charge in [0.25, 0.3) is 0 Å². The Hall–Kier alpha value is -0.910. The molecule has 1 unspecified atom stereocenters. The van der Waals surface area contributed by atoms with E-state index in [0.29, 0.717) is 0 Å². The van der Waals surface area contributed by atoms with E-state index in [0.717, 1.165) is 31.9 Å². The van der Waals surface area contributed by atoms with Crippen molar-refractivity contribution in [1.82, 2.24) is 9.55 Å². The van der Waals surface area contributed by atoms with Crippen molar-refractivity contribution in [3.63, 3.8) is 0 Å². The SMILES string of the molecule is CCOCCCn1cncc1C(N)CO. The fourth-order valence-corrected chi connectivity index (χ4v) is 1.40. The normalized spacial score (nSPS) is 13.0. The standard InChI is InChI=1S/C10H19N3O2/c1-2-15-5-3-4-13-8-12-6-10(13)9(11)7-14/h6,8-9,14H,2-5,7,11H2,1H3. The Balaban J connectivity index is 2.43. The molecule has 0 bridgehead atoms. The van der Waals surface area contributed by atoms with Crippen LogP contribution in [0.2, 0.25) is 0 Å². The summed E-state index contributed by atoms with van der Waals surface area (Å²) in [5.41, 5.74) is 6.60. The molecule has 5 heteroatoms. The van der Waals surface area contributed by atoms with Gasteiger partial charge in [-0.05, 0) is 13.3 Å². The van der Waals surface area contributed by atoms with Crippen molar-refractivity contribution < 1.29 is 9.84 Å². The van der Waals surface area contributed by atoms with Crippen LogP contribution in [0, 0.1) is 0 Å². The summed E-state index contributed by atoms with van der Waals surface area (Å²) in [5, 5.41) is 8.95. The Morgan fingerprint density at radius 3 is 3.13 bits per heavy atom. The molecule has 3 N–H and O–H groups in total. The average molecular weight is 213 g/mol. The number of imidazole rings is 1. The lowest BCUT2D eigenvalue weighted by Crippen LogP contribution is -2.19. The van der Waals surface area contributed by atoms with Crippen molar-refractivity contribution in [2.75, 3.05) is 19.8 Å². The average Bonchev–Trinajstić information content (AvgIpc) is 2.71. The topological polar surface area (TPSA) is 73.3 Å². The Bertz CT molecular complexity index is 275. The molecule has 1 aromatic heterocycles. The van der Waals surface area contributed by atoms with E-state index in [-0.39, 0.29) is 12.6 Å². The third kappa shape index (κ3) is 3.62. The number of aliphatic hydroxyl groups excluding tert-OH is 1. The Morgan fingerprint density at radius 1 is 1.67 bits per heavy atom. The molecule has 1 aromatic rings. The molecule has 1 rings (SSSR count). The lowest BCUT2D eigenvalue weighted by molar-refractivity contribution is 0.141. The van der Waals surface area contributed by atoms with Crippen LogP contribution in [0.15, 0.2) is 12.5 Å². The first-order valence-corrected chi connectivity index (χ1v) is 5.23. The number of ether oxygens (including phenoxy) is 1. The van der Waals surface area contributed by atoms with Crippen molar-refractivity contribution in [1.29, 1.82) is 0 Å². The van der Waals surface area contributed by atoms with Crippen LogP contribution >= 0.6 is 0 Å². The van der Waals surface area contributed by atoms with Crippen molar-refractivity contribution in [2.24, 2.45) is 5.73 Å². The van der Waals surface area contributed by atoms with E-state index in [1.807, 2.05) is 11.5 Å². The van der Waals surface area contributed by atoms with E-state index in [1.54, 1.807) is 12.5 Å². The number of nitrogens with two attached hydrogens (primary N) is 1. The highest BCUT2D eigenvalue weighted by molar-refractivity contribution is 5.04. The van der Waals surface area contributed by atoms with Crippen LogP contribution in [-0.2, 0) is 11.3 Å². The lowest BCUT2D eigenvalue weighted by atomic mass is 10.2. The molecule has 1 heterocycles. The molecule has 0 spiro atoms. The third-order valence-corrected chi connectivity index (χ3v) is 2.21. The van der Waals surface area contributed by atoms with Gasteiger partial charge in [-0.2, -0.15) is 0 Å². The molecular weight excluding hydrogens is 194 g/mol. The summed E-state index contributed by atoms with van der Waals surface area (Å²) < 4.78 is 7.20. The molecule has 0 saturated carbocycles. The quantitative estimate of drug-likeness (QED) is 0.639. The summed E-state index contributed by atoms with van der Waals surface area (Å²) in [6.07, 6.45) is 4.35. The van der Waals surface area contributed by atoms with Gasteiger partial charge in [0.05, 0.1) is 24.7 Å². The smallest absolute Gasteiger partial charge is 0.0948 e. The van der Waals surface area contributed by atoms with Crippen molar-refractivity contribution >= 4 is 0 Å². The fourth-order valence-electron chi connectivity index (χ4n) is 1.40. The van der Waals surface area contributed by atoms with Gasteiger partial charge in [-0.3, -0.25) is 0 Å². The molecule has 0 aromatic carbocycles. The van der Waals surface area contributed by atoms with Crippen LogP contribution in [0.25, 0.3) is 0 Å².